The molecule has 1 heterocycles. The maximum Gasteiger partial charge on any atom is 0.312 e. The zero-order valence-electron chi connectivity index (χ0n) is 11.5. The summed E-state index contributed by atoms with van der Waals surface area (Å²) >= 11 is 1.46. The van der Waals surface area contributed by atoms with Crippen LogP contribution in [-0.4, -0.2) is 22.6 Å². The van der Waals surface area contributed by atoms with Crippen molar-refractivity contribution in [2.24, 2.45) is 0 Å². The second-order valence-electron chi connectivity index (χ2n) is 4.93. The van der Waals surface area contributed by atoms with Crippen LogP contribution in [0, 0.1) is 5.82 Å². The van der Waals surface area contributed by atoms with E-state index in [-0.39, 0.29) is 5.82 Å². The number of rotatable bonds is 4. The summed E-state index contributed by atoms with van der Waals surface area (Å²) in [6.45, 7) is 2.50. The molecule has 1 aliphatic rings. The van der Waals surface area contributed by atoms with Gasteiger partial charge in [-0.25, -0.2) is 9.37 Å². The molecule has 0 amide bonds. The van der Waals surface area contributed by atoms with Crippen LogP contribution < -0.4 is 4.90 Å². The van der Waals surface area contributed by atoms with E-state index in [0.717, 1.165) is 11.3 Å². The molecule has 110 valence electrons. The number of hydrogen-bond donors (Lipinski definition) is 1. The van der Waals surface area contributed by atoms with Crippen LogP contribution in [0.4, 0.5) is 15.2 Å². The number of aliphatic carboxylic acids is 1. The highest BCUT2D eigenvalue weighted by Crippen LogP contribution is 2.41. The molecule has 0 saturated heterocycles. The third kappa shape index (κ3) is 2.40. The number of thiazole rings is 1. The number of hydrogen-bond acceptors (Lipinski definition) is 4. The molecule has 21 heavy (non-hydrogen) atoms. The number of para-hydroxylation sites is 1. The van der Waals surface area contributed by atoms with Crippen LogP contribution in [0.2, 0.25) is 0 Å². The van der Waals surface area contributed by atoms with Crippen LogP contribution in [0.5, 0.6) is 0 Å². The lowest BCUT2D eigenvalue weighted by Gasteiger charge is -2.20. The van der Waals surface area contributed by atoms with E-state index >= 15 is 0 Å². The fourth-order valence-electron chi connectivity index (χ4n) is 2.65. The molecular weight excluding hydrogens is 291 g/mol. The fourth-order valence-corrected chi connectivity index (χ4v) is 3.86. The van der Waals surface area contributed by atoms with Gasteiger partial charge in [-0.15, -0.1) is 11.3 Å². The summed E-state index contributed by atoms with van der Waals surface area (Å²) < 4.78 is 14.0. The Morgan fingerprint density at radius 3 is 2.95 bits per heavy atom. The summed E-state index contributed by atoms with van der Waals surface area (Å²) in [7, 11) is 0. The van der Waals surface area contributed by atoms with Crippen molar-refractivity contribution in [3.8, 4) is 0 Å². The minimum Gasteiger partial charge on any atom is -0.481 e. The van der Waals surface area contributed by atoms with Crippen molar-refractivity contribution in [2.45, 2.75) is 25.7 Å². The zero-order valence-corrected chi connectivity index (χ0v) is 12.4. The molecule has 0 bridgehead atoms. The first-order valence-electron chi connectivity index (χ1n) is 6.86. The van der Waals surface area contributed by atoms with Gasteiger partial charge >= 0.3 is 5.97 Å². The van der Waals surface area contributed by atoms with Crippen LogP contribution in [0.25, 0.3) is 0 Å². The SMILES string of the molecule is CCN(c1nc2c(s1)CCC2C(=O)O)c1ccccc1F. The zero-order chi connectivity index (χ0) is 15.0. The minimum atomic E-state index is -0.834. The topological polar surface area (TPSA) is 53.4 Å². The van der Waals surface area contributed by atoms with Crippen molar-refractivity contribution in [3.63, 3.8) is 0 Å². The number of aromatic nitrogens is 1. The van der Waals surface area contributed by atoms with Crippen LogP contribution >= 0.6 is 11.3 Å². The van der Waals surface area contributed by atoms with Gasteiger partial charge in [0.05, 0.1) is 11.4 Å². The summed E-state index contributed by atoms with van der Waals surface area (Å²) in [4.78, 5) is 18.5. The van der Waals surface area contributed by atoms with Gasteiger partial charge in [0, 0.05) is 11.4 Å². The van der Waals surface area contributed by atoms with Gasteiger partial charge in [-0.1, -0.05) is 12.1 Å². The predicted molar refractivity (Wildman–Crippen MR) is 79.9 cm³/mol. The second kappa shape index (κ2) is 5.44. The Morgan fingerprint density at radius 1 is 1.52 bits per heavy atom. The molecular formula is C15H15FN2O2S. The standard InChI is InChI=1S/C15H15FN2O2S/c1-2-18(11-6-4-3-5-10(11)16)15-17-13-9(14(19)20)7-8-12(13)21-15/h3-6,9H,2,7-8H2,1H3,(H,19,20). The third-order valence-corrected chi connectivity index (χ3v) is 4.85. The highest BCUT2D eigenvalue weighted by atomic mass is 32.1. The molecule has 0 saturated carbocycles. The lowest BCUT2D eigenvalue weighted by Crippen LogP contribution is -2.17. The molecule has 0 spiro atoms. The van der Waals surface area contributed by atoms with Gasteiger partial charge in [0.15, 0.2) is 5.13 Å². The number of anilines is 2. The van der Waals surface area contributed by atoms with Crippen molar-refractivity contribution in [1.82, 2.24) is 4.98 Å². The molecule has 1 unspecified atom stereocenters. The van der Waals surface area contributed by atoms with Gasteiger partial charge in [0.2, 0.25) is 0 Å². The summed E-state index contributed by atoms with van der Waals surface area (Å²) in [6.07, 6.45) is 1.34. The van der Waals surface area contributed by atoms with E-state index in [1.54, 1.807) is 23.1 Å². The molecule has 0 aliphatic heterocycles. The molecule has 1 N–H and O–H groups in total. The lowest BCUT2D eigenvalue weighted by atomic mass is 10.1. The van der Waals surface area contributed by atoms with Gasteiger partial charge in [-0.2, -0.15) is 0 Å². The molecule has 0 fully saturated rings. The van der Waals surface area contributed by atoms with Crippen LogP contribution in [-0.2, 0) is 11.2 Å². The molecule has 3 rings (SSSR count). The summed E-state index contributed by atoms with van der Waals surface area (Å²) in [6, 6.07) is 6.55. The number of carboxylic acid groups (broad SMARTS) is 1. The quantitative estimate of drug-likeness (QED) is 0.938. The Kier molecular flexibility index (Phi) is 3.63. The summed E-state index contributed by atoms with van der Waals surface area (Å²) in [5.74, 6) is -1.66. The average Bonchev–Trinajstić information content (AvgIpc) is 3.01. The second-order valence-corrected chi connectivity index (χ2v) is 5.99. The fraction of sp³-hybridized carbons (Fsp3) is 0.333. The molecule has 0 radical (unpaired) electrons. The number of fused-ring (bicyclic) bond motifs is 1. The summed E-state index contributed by atoms with van der Waals surface area (Å²) in [5.41, 5.74) is 1.12. The Labute approximate surface area is 125 Å². The van der Waals surface area contributed by atoms with E-state index in [4.69, 9.17) is 0 Å². The van der Waals surface area contributed by atoms with Crippen LogP contribution in [0.1, 0.15) is 29.8 Å². The van der Waals surface area contributed by atoms with Gasteiger partial charge in [0.1, 0.15) is 11.7 Å². The number of aryl methyl sites for hydroxylation is 1. The molecule has 1 aromatic carbocycles. The number of nitrogens with zero attached hydrogens (tertiary/aromatic N) is 2. The van der Waals surface area contributed by atoms with E-state index in [9.17, 15) is 14.3 Å². The number of carboxylic acids is 1. The van der Waals surface area contributed by atoms with E-state index < -0.39 is 11.9 Å². The van der Waals surface area contributed by atoms with E-state index in [0.29, 0.717) is 29.5 Å². The van der Waals surface area contributed by atoms with Crippen LogP contribution in [0.15, 0.2) is 24.3 Å². The Hall–Kier alpha value is -1.95. The van der Waals surface area contributed by atoms with Crippen molar-refractivity contribution >= 4 is 28.1 Å². The van der Waals surface area contributed by atoms with Gasteiger partial charge in [0.25, 0.3) is 0 Å². The first-order valence-corrected chi connectivity index (χ1v) is 7.68. The molecule has 1 aliphatic carbocycles. The number of halogens is 1. The Balaban J connectivity index is 1.99. The molecule has 2 aromatic rings. The summed E-state index contributed by atoms with van der Waals surface area (Å²) in [5, 5.41) is 9.88. The largest absolute Gasteiger partial charge is 0.481 e. The Bertz CT molecular complexity index is 686. The predicted octanol–water partition coefficient (Wildman–Crippen LogP) is 3.55. The highest BCUT2D eigenvalue weighted by molar-refractivity contribution is 7.15. The number of benzene rings is 1. The molecule has 1 atom stereocenters. The Morgan fingerprint density at radius 2 is 2.29 bits per heavy atom. The average molecular weight is 306 g/mol. The lowest BCUT2D eigenvalue weighted by molar-refractivity contribution is -0.138. The van der Waals surface area contributed by atoms with Crippen molar-refractivity contribution in [3.05, 3.63) is 40.7 Å². The third-order valence-electron chi connectivity index (χ3n) is 3.69. The normalized spacial score (nSPS) is 16.8. The van der Waals surface area contributed by atoms with Gasteiger partial charge < -0.3 is 10.0 Å². The maximum atomic E-state index is 14.0. The number of carbonyl (C=O) groups is 1. The monoisotopic (exact) mass is 306 g/mol. The van der Waals surface area contributed by atoms with E-state index in [2.05, 4.69) is 4.98 Å². The molecule has 1 aromatic heterocycles. The van der Waals surface area contributed by atoms with E-state index in [1.807, 2.05) is 6.92 Å². The van der Waals surface area contributed by atoms with Crippen molar-refractivity contribution in [2.75, 3.05) is 11.4 Å². The smallest absolute Gasteiger partial charge is 0.312 e. The molecule has 4 nitrogen and oxygen atoms in total. The van der Waals surface area contributed by atoms with Crippen LogP contribution in [0.3, 0.4) is 0 Å². The minimum absolute atomic E-state index is 0.301. The molecule has 6 heteroatoms. The van der Waals surface area contributed by atoms with Crippen molar-refractivity contribution in [1.29, 1.82) is 0 Å². The maximum absolute atomic E-state index is 14.0. The van der Waals surface area contributed by atoms with Gasteiger partial charge in [-0.05, 0) is 31.9 Å². The van der Waals surface area contributed by atoms with Crippen molar-refractivity contribution < 1.29 is 14.3 Å². The van der Waals surface area contributed by atoms with Gasteiger partial charge in [-0.3, -0.25) is 4.79 Å². The first-order chi connectivity index (χ1) is 10.1. The first kappa shape index (κ1) is 14.0. The highest BCUT2D eigenvalue weighted by Gasteiger charge is 2.33. The van der Waals surface area contributed by atoms with E-state index in [1.165, 1.54) is 17.4 Å².